The Labute approximate surface area is 41.8 Å². The average molecular weight is 106 g/mol. The molecule has 0 aromatic heterocycles. The van der Waals surface area contributed by atoms with Gasteiger partial charge in [-0.25, -0.2) is 0 Å². The predicted molar refractivity (Wildman–Crippen MR) is 33.2 cm³/mol. The normalized spacial score (nSPS) is 15.6. The van der Waals surface area contributed by atoms with Crippen molar-refractivity contribution in [3.8, 4) is 0 Å². The Morgan fingerprint density at radius 2 is 2.20 bits per heavy atom. The summed E-state index contributed by atoms with van der Waals surface area (Å²) in [5.74, 6) is 0. The quantitative estimate of drug-likeness (QED) is 0.355. The van der Waals surface area contributed by atoms with E-state index < -0.39 is 0 Å². The number of hydrogen-bond acceptors (Lipinski definition) is 1. The van der Waals surface area contributed by atoms with Crippen molar-refractivity contribution >= 4 is 22.9 Å². The van der Waals surface area contributed by atoms with Crippen molar-refractivity contribution in [3.05, 3.63) is 0 Å². The van der Waals surface area contributed by atoms with E-state index in [1.54, 1.807) is 0 Å². The zero-order chi connectivity index (χ0) is 4.28. The van der Waals surface area contributed by atoms with Crippen molar-refractivity contribution in [2.75, 3.05) is 0 Å². The standard InChI is InChI=1S/C3H10SSi/c1-3(4)2-5/h3-4H,2H2,1,5H3. The highest BCUT2D eigenvalue weighted by molar-refractivity contribution is 7.81. The molecule has 0 aliphatic carbocycles. The van der Waals surface area contributed by atoms with E-state index in [9.17, 15) is 0 Å². The highest BCUT2D eigenvalue weighted by atomic mass is 32.1. The number of thiol groups is 1. The Balaban J connectivity index is 2.54. The molecule has 0 radical (unpaired) electrons. The molecule has 0 saturated carbocycles. The fraction of sp³-hybridized carbons (Fsp3) is 1.00. The number of hydrogen-bond donors (Lipinski definition) is 1. The summed E-state index contributed by atoms with van der Waals surface area (Å²) in [5.41, 5.74) is 0. The van der Waals surface area contributed by atoms with Gasteiger partial charge in [-0.15, -0.1) is 0 Å². The van der Waals surface area contributed by atoms with Crippen LogP contribution in [0.2, 0.25) is 6.04 Å². The van der Waals surface area contributed by atoms with Crippen molar-refractivity contribution in [3.63, 3.8) is 0 Å². The van der Waals surface area contributed by atoms with Gasteiger partial charge in [-0.05, 0) is 5.25 Å². The molecule has 0 aliphatic heterocycles. The van der Waals surface area contributed by atoms with E-state index in [1.807, 2.05) is 0 Å². The van der Waals surface area contributed by atoms with Crippen molar-refractivity contribution in [1.82, 2.24) is 0 Å². The van der Waals surface area contributed by atoms with Crippen LogP contribution < -0.4 is 0 Å². The van der Waals surface area contributed by atoms with E-state index in [4.69, 9.17) is 0 Å². The van der Waals surface area contributed by atoms with Gasteiger partial charge in [0.25, 0.3) is 0 Å². The highest BCUT2D eigenvalue weighted by Gasteiger charge is 1.81. The Kier molecular flexibility index (Phi) is 3.10. The smallest absolute Gasteiger partial charge is 0.00417 e. The molecule has 0 heterocycles. The molecule has 0 fully saturated rings. The summed E-state index contributed by atoms with van der Waals surface area (Å²) < 4.78 is 0. The largest absolute Gasteiger partial charge is 0.177 e. The molecule has 2 heteroatoms. The molecule has 0 rings (SSSR count). The van der Waals surface area contributed by atoms with E-state index in [1.165, 1.54) is 16.3 Å². The van der Waals surface area contributed by atoms with Gasteiger partial charge in [0.05, 0.1) is 0 Å². The molecule has 0 aliphatic rings. The molecule has 0 N–H and O–H groups in total. The van der Waals surface area contributed by atoms with Crippen LogP contribution in [0.15, 0.2) is 0 Å². The van der Waals surface area contributed by atoms with Crippen molar-refractivity contribution in [2.24, 2.45) is 0 Å². The highest BCUT2D eigenvalue weighted by Crippen LogP contribution is 1.93. The minimum absolute atomic E-state index is 0.640. The molecule has 0 spiro atoms. The van der Waals surface area contributed by atoms with Gasteiger partial charge < -0.3 is 0 Å². The maximum Gasteiger partial charge on any atom is 0.00417 e. The molecular weight excluding hydrogens is 96.2 g/mol. The topological polar surface area (TPSA) is 0 Å². The maximum absolute atomic E-state index is 4.13. The number of rotatable bonds is 1. The Morgan fingerprint density at radius 3 is 2.20 bits per heavy atom. The van der Waals surface area contributed by atoms with Crippen molar-refractivity contribution in [2.45, 2.75) is 18.2 Å². The second kappa shape index (κ2) is 2.79. The van der Waals surface area contributed by atoms with Crippen LogP contribution in [0.4, 0.5) is 0 Å². The first-order valence-electron chi connectivity index (χ1n) is 1.95. The van der Waals surface area contributed by atoms with E-state index >= 15 is 0 Å². The van der Waals surface area contributed by atoms with E-state index in [2.05, 4.69) is 19.6 Å². The van der Waals surface area contributed by atoms with Crippen LogP contribution >= 0.6 is 12.6 Å². The third-order valence-electron chi connectivity index (χ3n) is 0.591. The summed E-state index contributed by atoms with van der Waals surface area (Å²) in [5, 5.41) is 0.640. The van der Waals surface area contributed by atoms with E-state index in [0.717, 1.165) is 0 Å². The SMILES string of the molecule is CC(S)C[SiH3]. The first-order chi connectivity index (χ1) is 2.27. The van der Waals surface area contributed by atoms with Crippen LogP contribution in [-0.4, -0.2) is 15.5 Å². The molecule has 0 nitrogen and oxygen atoms in total. The lowest BCUT2D eigenvalue weighted by atomic mass is 10.6. The van der Waals surface area contributed by atoms with Crippen LogP contribution in [0, 0.1) is 0 Å². The van der Waals surface area contributed by atoms with Gasteiger partial charge in [0.15, 0.2) is 0 Å². The van der Waals surface area contributed by atoms with Crippen LogP contribution in [0.3, 0.4) is 0 Å². The van der Waals surface area contributed by atoms with Crippen molar-refractivity contribution in [1.29, 1.82) is 0 Å². The Hall–Kier alpha value is 0.567. The van der Waals surface area contributed by atoms with Crippen LogP contribution in [0.25, 0.3) is 0 Å². The van der Waals surface area contributed by atoms with Crippen LogP contribution in [0.5, 0.6) is 0 Å². The summed E-state index contributed by atoms with van der Waals surface area (Å²) >= 11 is 4.13. The maximum atomic E-state index is 4.13. The van der Waals surface area contributed by atoms with Gasteiger partial charge in [0.1, 0.15) is 0 Å². The first-order valence-corrected chi connectivity index (χ1v) is 3.88. The van der Waals surface area contributed by atoms with Crippen LogP contribution in [-0.2, 0) is 0 Å². The fourth-order valence-corrected chi connectivity index (χ4v) is 0. The van der Waals surface area contributed by atoms with Gasteiger partial charge >= 0.3 is 0 Å². The molecule has 1 unspecified atom stereocenters. The lowest BCUT2D eigenvalue weighted by Gasteiger charge is -1.89. The molecule has 1 atom stereocenters. The van der Waals surface area contributed by atoms with Gasteiger partial charge in [-0.1, -0.05) is 13.0 Å². The van der Waals surface area contributed by atoms with Gasteiger partial charge in [-0.3, -0.25) is 0 Å². The second-order valence-electron chi connectivity index (χ2n) is 1.26. The molecule has 0 amide bonds. The zero-order valence-corrected chi connectivity index (χ0v) is 6.63. The third-order valence-corrected chi connectivity index (χ3v) is 2.87. The minimum atomic E-state index is 0.640. The zero-order valence-electron chi connectivity index (χ0n) is 3.73. The Bertz CT molecular complexity index is 20.9. The summed E-state index contributed by atoms with van der Waals surface area (Å²) in [4.78, 5) is 0. The minimum Gasteiger partial charge on any atom is -0.177 e. The van der Waals surface area contributed by atoms with Crippen LogP contribution in [0.1, 0.15) is 6.92 Å². The summed E-state index contributed by atoms with van der Waals surface area (Å²) in [6.45, 7) is 2.12. The molecule has 0 saturated heterocycles. The monoisotopic (exact) mass is 106 g/mol. The summed E-state index contributed by atoms with van der Waals surface area (Å²) in [6.07, 6.45) is 0. The van der Waals surface area contributed by atoms with Crippen molar-refractivity contribution < 1.29 is 0 Å². The summed E-state index contributed by atoms with van der Waals surface area (Å²) in [6, 6.07) is 1.31. The molecule has 0 aromatic carbocycles. The molecule has 32 valence electrons. The first kappa shape index (κ1) is 5.57. The van der Waals surface area contributed by atoms with Gasteiger partial charge in [0, 0.05) is 10.2 Å². The average Bonchev–Trinajstić information content (AvgIpc) is 1.38. The van der Waals surface area contributed by atoms with Gasteiger partial charge in [0.2, 0.25) is 0 Å². The third kappa shape index (κ3) is 4.57. The molecule has 0 aromatic rings. The van der Waals surface area contributed by atoms with E-state index in [-0.39, 0.29) is 0 Å². The lowest BCUT2D eigenvalue weighted by Crippen LogP contribution is -1.84. The predicted octanol–water partition coefficient (Wildman–Crippen LogP) is 0.0884. The molecule has 5 heavy (non-hydrogen) atoms. The Morgan fingerprint density at radius 1 is 2.00 bits per heavy atom. The molecule has 0 bridgehead atoms. The molecular formula is C3H10SSi. The second-order valence-corrected chi connectivity index (χ2v) is 2.96. The van der Waals surface area contributed by atoms with E-state index in [0.29, 0.717) is 5.25 Å². The lowest BCUT2D eigenvalue weighted by molar-refractivity contribution is 1.12. The fourth-order valence-electron chi connectivity index (χ4n) is 0. The van der Waals surface area contributed by atoms with Gasteiger partial charge in [-0.2, -0.15) is 12.6 Å². The summed E-state index contributed by atoms with van der Waals surface area (Å²) in [7, 11) is 1.30.